The van der Waals surface area contributed by atoms with Gasteiger partial charge in [-0.15, -0.1) is 5.10 Å². The first-order valence-electron chi connectivity index (χ1n) is 8.79. The number of anilines is 1. The molecule has 3 aliphatic rings. The molecule has 0 atom stereocenters. The molecule has 0 aromatic carbocycles. The maximum atomic E-state index is 12.6. The molecule has 3 heterocycles. The molecule has 8 heteroatoms. The Balaban J connectivity index is 1.37. The SMILES string of the molecule is CCC1(C(=O)N2CC(N(C)C(=O)c3nc4n(n3)CCCN4)C2)CC1. The number of nitrogens with one attached hydrogen (secondary N) is 1. The highest BCUT2D eigenvalue weighted by atomic mass is 16.2. The van der Waals surface area contributed by atoms with Crippen LogP contribution in [0.25, 0.3) is 0 Å². The first-order chi connectivity index (χ1) is 11.5. The lowest BCUT2D eigenvalue weighted by Crippen LogP contribution is -2.62. The first-order valence-corrected chi connectivity index (χ1v) is 8.79. The minimum atomic E-state index is -0.174. The quantitative estimate of drug-likeness (QED) is 0.871. The number of likely N-dealkylation sites (N-methyl/N-ethyl adjacent to an activating group) is 1. The fourth-order valence-electron chi connectivity index (χ4n) is 3.54. The summed E-state index contributed by atoms with van der Waals surface area (Å²) in [6.45, 7) is 4.97. The second-order valence-corrected chi connectivity index (χ2v) is 7.18. The number of amides is 2. The molecule has 8 nitrogen and oxygen atoms in total. The standard InChI is InChI=1S/C16H24N6O2/c1-3-16(5-6-16)14(24)21-9-11(10-21)20(2)13(23)12-18-15-17-7-4-8-22(15)19-12/h11H,3-10H2,1-2H3,(H,17,18,19). The molecule has 130 valence electrons. The van der Waals surface area contributed by atoms with E-state index < -0.39 is 0 Å². The third kappa shape index (κ3) is 2.35. The summed E-state index contributed by atoms with van der Waals surface area (Å²) >= 11 is 0. The molecule has 1 aromatic rings. The zero-order valence-corrected chi connectivity index (χ0v) is 14.3. The van der Waals surface area contributed by atoms with Gasteiger partial charge < -0.3 is 15.1 Å². The normalized spacial score (nSPS) is 21.5. The summed E-state index contributed by atoms with van der Waals surface area (Å²) in [4.78, 5) is 32.9. The van der Waals surface area contributed by atoms with E-state index in [4.69, 9.17) is 0 Å². The van der Waals surface area contributed by atoms with Gasteiger partial charge in [-0.25, -0.2) is 4.68 Å². The van der Waals surface area contributed by atoms with Crippen molar-refractivity contribution in [3.63, 3.8) is 0 Å². The lowest BCUT2D eigenvalue weighted by atomic mass is 9.97. The Labute approximate surface area is 141 Å². The van der Waals surface area contributed by atoms with Crippen LogP contribution in [0.4, 0.5) is 5.95 Å². The van der Waals surface area contributed by atoms with Crippen LogP contribution >= 0.6 is 0 Å². The minimum absolute atomic E-state index is 0.0580. The number of rotatable bonds is 4. The smallest absolute Gasteiger partial charge is 0.293 e. The van der Waals surface area contributed by atoms with Crippen LogP contribution in [-0.4, -0.2) is 69.1 Å². The molecule has 1 aliphatic carbocycles. The maximum Gasteiger partial charge on any atom is 0.293 e. The van der Waals surface area contributed by atoms with Crippen molar-refractivity contribution in [2.75, 3.05) is 32.0 Å². The number of hydrogen-bond acceptors (Lipinski definition) is 5. The van der Waals surface area contributed by atoms with E-state index in [2.05, 4.69) is 22.3 Å². The Hall–Kier alpha value is -2.12. The molecule has 0 spiro atoms. The molecular weight excluding hydrogens is 308 g/mol. The van der Waals surface area contributed by atoms with Gasteiger partial charge in [0.2, 0.25) is 17.7 Å². The third-order valence-electron chi connectivity index (χ3n) is 5.69. The summed E-state index contributed by atoms with van der Waals surface area (Å²) < 4.78 is 1.75. The second-order valence-electron chi connectivity index (χ2n) is 7.18. The van der Waals surface area contributed by atoms with Gasteiger partial charge in [0.05, 0.1) is 6.04 Å². The van der Waals surface area contributed by atoms with E-state index in [9.17, 15) is 9.59 Å². The van der Waals surface area contributed by atoms with E-state index in [1.54, 1.807) is 16.6 Å². The molecule has 2 aliphatic heterocycles. The van der Waals surface area contributed by atoms with Crippen LogP contribution in [0.2, 0.25) is 0 Å². The average Bonchev–Trinajstić information content (AvgIpc) is 3.24. The lowest BCUT2D eigenvalue weighted by Gasteiger charge is -2.45. The number of hydrogen-bond donors (Lipinski definition) is 1. The van der Waals surface area contributed by atoms with Crippen molar-refractivity contribution in [1.82, 2.24) is 24.6 Å². The molecule has 0 unspecified atom stereocenters. The van der Waals surface area contributed by atoms with Crippen molar-refractivity contribution >= 4 is 17.8 Å². The van der Waals surface area contributed by atoms with Crippen LogP contribution in [0.15, 0.2) is 0 Å². The summed E-state index contributed by atoms with van der Waals surface area (Å²) in [5.41, 5.74) is -0.0935. The molecule has 2 fully saturated rings. The van der Waals surface area contributed by atoms with Gasteiger partial charge >= 0.3 is 0 Å². The zero-order valence-electron chi connectivity index (χ0n) is 14.3. The topological polar surface area (TPSA) is 83.4 Å². The maximum absolute atomic E-state index is 12.6. The summed E-state index contributed by atoms with van der Waals surface area (Å²) in [5, 5.41) is 7.45. The van der Waals surface area contributed by atoms with Gasteiger partial charge in [0.25, 0.3) is 5.91 Å². The fraction of sp³-hybridized carbons (Fsp3) is 0.750. The van der Waals surface area contributed by atoms with Crippen LogP contribution in [-0.2, 0) is 11.3 Å². The number of carbonyl (C=O) groups excluding carboxylic acids is 2. The fourth-order valence-corrected chi connectivity index (χ4v) is 3.54. The number of aryl methyl sites for hydroxylation is 1. The lowest BCUT2D eigenvalue weighted by molar-refractivity contribution is -0.143. The number of aromatic nitrogens is 3. The van der Waals surface area contributed by atoms with Crippen molar-refractivity contribution in [3.8, 4) is 0 Å². The number of fused-ring (bicyclic) bond motifs is 1. The Kier molecular flexibility index (Phi) is 3.51. The van der Waals surface area contributed by atoms with Gasteiger partial charge in [0.15, 0.2) is 0 Å². The molecule has 24 heavy (non-hydrogen) atoms. The summed E-state index contributed by atoms with van der Waals surface area (Å²) in [6, 6.07) is 0.0580. The van der Waals surface area contributed by atoms with Crippen molar-refractivity contribution in [3.05, 3.63) is 5.82 Å². The van der Waals surface area contributed by atoms with Crippen LogP contribution in [0.3, 0.4) is 0 Å². The summed E-state index contributed by atoms with van der Waals surface area (Å²) in [6.07, 6.45) is 3.92. The molecule has 1 aromatic heterocycles. The zero-order chi connectivity index (χ0) is 16.9. The third-order valence-corrected chi connectivity index (χ3v) is 5.69. The molecular formula is C16H24N6O2. The molecule has 2 amide bonds. The predicted octanol–water partition coefficient (Wildman–Crippen LogP) is 0.567. The number of carbonyl (C=O) groups is 2. The molecule has 1 N–H and O–H groups in total. The van der Waals surface area contributed by atoms with E-state index in [0.29, 0.717) is 19.0 Å². The van der Waals surface area contributed by atoms with Gasteiger partial charge in [0, 0.05) is 38.6 Å². The number of likely N-dealkylation sites (tertiary alicyclic amines) is 1. The summed E-state index contributed by atoms with van der Waals surface area (Å²) in [7, 11) is 1.77. The Morgan fingerprint density at radius 1 is 1.38 bits per heavy atom. The minimum Gasteiger partial charge on any atom is -0.354 e. The first kappa shape index (κ1) is 15.4. The number of nitrogens with zero attached hydrogens (tertiary/aromatic N) is 5. The van der Waals surface area contributed by atoms with Gasteiger partial charge in [-0.3, -0.25) is 9.59 Å². The molecule has 0 radical (unpaired) electrons. The largest absolute Gasteiger partial charge is 0.354 e. The Morgan fingerprint density at radius 3 is 2.75 bits per heavy atom. The van der Waals surface area contributed by atoms with E-state index in [1.807, 2.05) is 4.90 Å². The van der Waals surface area contributed by atoms with Crippen LogP contribution in [0, 0.1) is 5.41 Å². The molecule has 0 bridgehead atoms. The molecule has 1 saturated carbocycles. The van der Waals surface area contributed by atoms with Gasteiger partial charge in [0.1, 0.15) is 0 Å². The Bertz CT molecular complexity index is 651. The van der Waals surface area contributed by atoms with Crippen molar-refractivity contribution in [2.24, 2.45) is 5.41 Å². The highest BCUT2D eigenvalue weighted by Gasteiger charge is 2.52. The average molecular weight is 332 g/mol. The van der Waals surface area contributed by atoms with Crippen LogP contribution in [0.5, 0.6) is 0 Å². The monoisotopic (exact) mass is 332 g/mol. The second kappa shape index (κ2) is 5.46. The van der Waals surface area contributed by atoms with Crippen LogP contribution < -0.4 is 5.32 Å². The van der Waals surface area contributed by atoms with Gasteiger partial charge in [-0.2, -0.15) is 4.98 Å². The van der Waals surface area contributed by atoms with Gasteiger partial charge in [-0.1, -0.05) is 6.92 Å². The van der Waals surface area contributed by atoms with E-state index >= 15 is 0 Å². The van der Waals surface area contributed by atoms with Gasteiger partial charge in [-0.05, 0) is 25.7 Å². The highest BCUT2D eigenvalue weighted by Crippen LogP contribution is 2.50. The van der Waals surface area contributed by atoms with E-state index in [1.165, 1.54) is 0 Å². The molecule has 1 saturated heterocycles. The Morgan fingerprint density at radius 2 is 2.12 bits per heavy atom. The molecule has 4 rings (SSSR count). The summed E-state index contributed by atoms with van der Waals surface area (Å²) in [5.74, 6) is 0.996. The predicted molar refractivity (Wildman–Crippen MR) is 87.5 cm³/mol. The van der Waals surface area contributed by atoms with Crippen LogP contribution in [0.1, 0.15) is 43.2 Å². The van der Waals surface area contributed by atoms with Crippen molar-refractivity contribution in [2.45, 2.75) is 45.2 Å². The van der Waals surface area contributed by atoms with E-state index in [-0.39, 0.29) is 29.1 Å². The highest BCUT2D eigenvalue weighted by molar-refractivity contribution is 5.91. The van der Waals surface area contributed by atoms with Crippen molar-refractivity contribution < 1.29 is 9.59 Å². The van der Waals surface area contributed by atoms with Crippen molar-refractivity contribution in [1.29, 1.82) is 0 Å². The van der Waals surface area contributed by atoms with E-state index in [0.717, 1.165) is 38.8 Å².